The second-order valence-electron chi connectivity index (χ2n) is 2.72. The second kappa shape index (κ2) is 2.59. The van der Waals surface area contributed by atoms with Crippen LogP contribution in [0.5, 0.6) is 11.5 Å². The Morgan fingerprint density at radius 3 is 3.00 bits per heavy atom. The van der Waals surface area contributed by atoms with Gasteiger partial charge < -0.3 is 14.0 Å². The zero-order valence-corrected chi connectivity index (χ0v) is 7.04. The Morgan fingerprint density at radius 1 is 1.50 bits per heavy atom. The van der Waals surface area contributed by atoms with Crippen LogP contribution in [-0.4, -0.2) is 17.8 Å². The molecule has 0 aromatic carbocycles. The fraction of sp³-hybridized carbons (Fsp3) is 0.333. The van der Waals surface area contributed by atoms with Crippen molar-refractivity contribution in [2.75, 3.05) is 13.2 Å². The van der Waals surface area contributed by atoms with Crippen LogP contribution < -0.4 is 9.47 Å². The summed E-state index contributed by atoms with van der Waals surface area (Å²) in [5, 5.41) is 0. The van der Waals surface area contributed by atoms with Crippen molar-refractivity contribution in [1.82, 2.24) is 4.57 Å². The van der Waals surface area contributed by atoms with Crippen molar-refractivity contribution >= 4 is 6.08 Å². The van der Waals surface area contributed by atoms with Gasteiger partial charge >= 0.3 is 0 Å². The molecule has 3 nitrogen and oxygen atoms in total. The number of aromatic nitrogens is 1. The van der Waals surface area contributed by atoms with Gasteiger partial charge in [-0.3, -0.25) is 0 Å². The van der Waals surface area contributed by atoms with Crippen molar-refractivity contribution in [3.63, 3.8) is 0 Å². The van der Waals surface area contributed by atoms with E-state index in [4.69, 9.17) is 9.47 Å². The molecule has 2 rings (SSSR count). The third-order valence-corrected chi connectivity index (χ3v) is 1.93. The lowest BCUT2D eigenvalue weighted by atomic mass is 10.3. The molecule has 0 aliphatic carbocycles. The summed E-state index contributed by atoms with van der Waals surface area (Å²) in [5.41, 5.74) is 0.977. The predicted molar refractivity (Wildman–Crippen MR) is 46.5 cm³/mol. The molecule has 0 saturated heterocycles. The van der Waals surface area contributed by atoms with Gasteiger partial charge in [0.2, 0.25) is 0 Å². The van der Waals surface area contributed by atoms with Crippen LogP contribution in [-0.2, 0) is 7.05 Å². The van der Waals surface area contributed by atoms with Crippen molar-refractivity contribution in [2.45, 2.75) is 0 Å². The van der Waals surface area contributed by atoms with Gasteiger partial charge in [0.15, 0.2) is 11.5 Å². The summed E-state index contributed by atoms with van der Waals surface area (Å²) >= 11 is 0. The minimum absolute atomic E-state index is 0.623. The van der Waals surface area contributed by atoms with Gasteiger partial charge in [-0.25, -0.2) is 0 Å². The molecule has 0 unspecified atom stereocenters. The largest absolute Gasteiger partial charge is 0.485 e. The van der Waals surface area contributed by atoms with Crippen molar-refractivity contribution in [1.29, 1.82) is 0 Å². The van der Waals surface area contributed by atoms with Crippen LogP contribution in [0.15, 0.2) is 12.8 Å². The van der Waals surface area contributed by atoms with Crippen molar-refractivity contribution < 1.29 is 9.47 Å². The molecule has 0 saturated carbocycles. The van der Waals surface area contributed by atoms with E-state index in [9.17, 15) is 0 Å². The monoisotopic (exact) mass is 165 g/mol. The Hall–Kier alpha value is -1.38. The second-order valence-corrected chi connectivity index (χ2v) is 2.72. The Morgan fingerprint density at radius 2 is 2.25 bits per heavy atom. The highest BCUT2D eigenvalue weighted by atomic mass is 16.6. The van der Waals surface area contributed by atoms with Crippen LogP contribution in [0.3, 0.4) is 0 Å². The fourth-order valence-corrected chi connectivity index (χ4v) is 1.37. The molecular weight excluding hydrogens is 154 g/mol. The van der Waals surface area contributed by atoms with E-state index >= 15 is 0 Å². The van der Waals surface area contributed by atoms with E-state index in [2.05, 4.69) is 6.58 Å². The fourth-order valence-electron chi connectivity index (χ4n) is 1.37. The highest BCUT2D eigenvalue weighted by molar-refractivity contribution is 5.59. The number of hydrogen-bond donors (Lipinski definition) is 0. The number of aryl methyl sites for hydroxylation is 1. The zero-order chi connectivity index (χ0) is 8.55. The van der Waals surface area contributed by atoms with Gasteiger partial charge in [-0.05, 0) is 6.08 Å². The first-order chi connectivity index (χ1) is 5.83. The molecule has 2 heterocycles. The summed E-state index contributed by atoms with van der Waals surface area (Å²) in [7, 11) is 1.95. The van der Waals surface area contributed by atoms with Gasteiger partial charge in [-0.1, -0.05) is 6.58 Å². The lowest BCUT2D eigenvalue weighted by Gasteiger charge is -2.14. The quantitative estimate of drug-likeness (QED) is 0.628. The molecule has 1 aliphatic heterocycles. The lowest BCUT2D eigenvalue weighted by Crippen LogP contribution is -2.14. The van der Waals surface area contributed by atoms with Crippen LogP contribution in [0.2, 0.25) is 0 Å². The van der Waals surface area contributed by atoms with E-state index in [1.165, 1.54) is 0 Å². The number of rotatable bonds is 1. The number of fused-ring (bicyclic) bond motifs is 1. The van der Waals surface area contributed by atoms with E-state index in [1.54, 1.807) is 6.08 Å². The van der Waals surface area contributed by atoms with Gasteiger partial charge in [0.05, 0.1) is 11.9 Å². The first kappa shape index (κ1) is 7.28. The maximum absolute atomic E-state index is 5.45. The molecule has 1 aromatic rings. The van der Waals surface area contributed by atoms with Crippen molar-refractivity contribution in [2.24, 2.45) is 7.05 Å². The number of ether oxygens (including phenoxy) is 2. The summed E-state index contributed by atoms with van der Waals surface area (Å²) in [6.45, 7) is 4.97. The van der Waals surface area contributed by atoms with E-state index in [0.717, 1.165) is 17.2 Å². The van der Waals surface area contributed by atoms with Gasteiger partial charge in [-0.15, -0.1) is 0 Å². The number of hydrogen-bond acceptors (Lipinski definition) is 2. The first-order valence-electron chi connectivity index (χ1n) is 3.90. The Balaban J connectivity index is 2.53. The zero-order valence-electron chi connectivity index (χ0n) is 7.04. The maximum atomic E-state index is 5.45. The van der Waals surface area contributed by atoms with Crippen LogP contribution in [0, 0.1) is 0 Å². The van der Waals surface area contributed by atoms with Crippen LogP contribution in [0.1, 0.15) is 5.69 Å². The minimum atomic E-state index is 0.623. The summed E-state index contributed by atoms with van der Waals surface area (Å²) in [4.78, 5) is 0. The molecule has 0 spiro atoms. The molecule has 1 aromatic heterocycles. The molecule has 0 bridgehead atoms. The summed E-state index contributed by atoms with van der Waals surface area (Å²) in [6.07, 6.45) is 3.68. The Bertz CT molecular complexity index is 315. The molecular formula is C9H11NO2. The Kier molecular flexibility index (Phi) is 1.57. The third kappa shape index (κ3) is 0.897. The highest BCUT2D eigenvalue weighted by Gasteiger charge is 2.17. The summed E-state index contributed by atoms with van der Waals surface area (Å²) in [6, 6.07) is 0. The lowest BCUT2D eigenvalue weighted by molar-refractivity contribution is 0.173. The maximum Gasteiger partial charge on any atom is 0.186 e. The van der Waals surface area contributed by atoms with E-state index in [1.807, 2.05) is 17.8 Å². The van der Waals surface area contributed by atoms with Gasteiger partial charge in [0, 0.05) is 7.05 Å². The molecule has 0 N–H and O–H groups in total. The van der Waals surface area contributed by atoms with E-state index in [0.29, 0.717) is 13.2 Å². The van der Waals surface area contributed by atoms with Crippen LogP contribution in [0.25, 0.3) is 6.08 Å². The van der Waals surface area contributed by atoms with E-state index in [-0.39, 0.29) is 0 Å². The first-order valence-corrected chi connectivity index (χ1v) is 3.90. The summed E-state index contributed by atoms with van der Waals surface area (Å²) in [5.74, 6) is 1.64. The van der Waals surface area contributed by atoms with Gasteiger partial charge in [0.1, 0.15) is 13.2 Å². The molecule has 1 aliphatic rings. The molecule has 0 fully saturated rings. The molecule has 0 amide bonds. The smallest absolute Gasteiger partial charge is 0.186 e. The number of nitrogens with zero attached hydrogens (tertiary/aromatic N) is 1. The molecule has 0 radical (unpaired) electrons. The normalized spacial score (nSPS) is 14.4. The molecule has 12 heavy (non-hydrogen) atoms. The van der Waals surface area contributed by atoms with Gasteiger partial charge in [0.25, 0.3) is 0 Å². The third-order valence-electron chi connectivity index (χ3n) is 1.93. The van der Waals surface area contributed by atoms with Crippen molar-refractivity contribution in [3.05, 3.63) is 18.5 Å². The molecule has 3 heteroatoms. The standard InChI is InChI=1S/C9H11NO2/c1-3-7-9-8(6-10(7)2)11-4-5-12-9/h3,6H,1,4-5H2,2H3. The van der Waals surface area contributed by atoms with Crippen molar-refractivity contribution in [3.8, 4) is 11.5 Å². The minimum Gasteiger partial charge on any atom is -0.485 e. The van der Waals surface area contributed by atoms with Gasteiger partial charge in [-0.2, -0.15) is 0 Å². The average Bonchev–Trinajstić information content (AvgIpc) is 2.40. The molecule has 64 valence electrons. The van der Waals surface area contributed by atoms with Crippen LogP contribution >= 0.6 is 0 Å². The summed E-state index contributed by atoms with van der Waals surface area (Å²) < 4.78 is 12.8. The highest BCUT2D eigenvalue weighted by Crippen LogP contribution is 2.35. The SMILES string of the molecule is C=Cc1c2c(cn1C)OCCO2. The Labute approximate surface area is 71.2 Å². The molecule has 0 atom stereocenters. The average molecular weight is 165 g/mol. The predicted octanol–water partition coefficient (Wildman–Crippen LogP) is 1.44. The van der Waals surface area contributed by atoms with E-state index < -0.39 is 0 Å². The van der Waals surface area contributed by atoms with Crippen LogP contribution in [0.4, 0.5) is 0 Å². The topological polar surface area (TPSA) is 23.4 Å².